The molecule has 0 aliphatic heterocycles. The van der Waals surface area contributed by atoms with E-state index in [1.807, 2.05) is 54.6 Å². The molecule has 0 atom stereocenters. The highest BCUT2D eigenvalue weighted by Crippen LogP contribution is 2.03. The summed E-state index contributed by atoms with van der Waals surface area (Å²) in [4.78, 5) is 0. The minimum absolute atomic E-state index is 0.0758. The van der Waals surface area contributed by atoms with Crippen molar-refractivity contribution in [3.8, 4) is 11.8 Å². The fourth-order valence-corrected chi connectivity index (χ4v) is 1.36. The van der Waals surface area contributed by atoms with Crippen LogP contribution in [0.1, 0.15) is 16.7 Å². The maximum atomic E-state index is 8.90. The lowest BCUT2D eigenvalue weighted by atomic mass is 10.1. The molecular formula is C15H12O. The van der Waals surface area contributed by atoms with Crippen molar-refractivity contribution in [3.05, 3.63) is 71.3 Å². The van der Waals surface area contributed by atoms with Crippen LogP contribution in [-0.2, 0) is 6.61 Å². The van der Waals surface area contributed by atoms with Crippen molar-refractivity contribution in [2.24, 2.45) is 0 Å². The Hall–Kier alpha value is -2.04. The number of hydrogen-bond donors (Lipinski definition) is 1. The van der Waals surface area contributed by atoms with Crippen LogP contribution in [0.15, 0.2) is 54.6 Å². The Morgan fingerprint density at radius 1 is 0.750 bits per heavy atom. The van der Waals surface area contributed by atoms with Crippen molar-refractivity contribution in [1.82, 2.24) is 0 Å². The lowest BCUT2D eigenvalue weighted by Crippen LogP contribution is -1.82. The van der Waals surface area contributed by atoms with Crippen LogP contribution >= 0.6 is 0 Å². The zero-order valence-electron chi connectivity index (χ0n) is 8.85. The van der Waals surface area contributed by atoms with E-state index in [0.717, 1.165) is 16.7 Å². The Morgan fingerprint density at radius 2 is 1.31 bits per heavy atom. The quantitative estimate of drug-likeness (QED) is 0.714. The molecule has 16 heavy (non-hydrogen) atoms. The second-order valence-corrected chi connectivity index (χ2v) is 3.47. The van der Waals surface area contributed by atoms with E-state index >= 15 is 0 Å². The molecule has 0 unspecified atom stereocenters. The lowest BCUT2D eigenvalue weighted by molar-refractivity contribution is 0.282. The van der Waals surface area contributed by atoms with Gasteiger partial charge in [0.2, 0.25) is 0 Å². The van der Waals surface area contributed by atoms with Gasteiger partial charge in [0, 0.05) is 11.1 Å². The zero-order chi connectivity index (χ0) is 11.2. The summed E-state index contributed by atoms with van der Waals surface area (Å²) in [5, 5.41) is 8.90. The first-order valence-corrected chi connectivity index (χ1v) is 5.15. The van der Waals surface area contributed by atoms with Crippen LogP contribution in [-0.4, -0.2) is 5.11 Å². The summed E-state index contributed by atoms with van der Waals surface area (Å²) in [5.41, 5.74) is 2.88. The summed E-state index contributed by atoms with van der Waals surface area (Å²) in [5.74, 6) is 6.17. The largest absolute Gasteiger partial charge is 0.392 e. The van der Waals surface area contributed by atoms with E-state index in [9.17, 15) is 0 Å². The molecule has 2 aromatic rings. The molecule has 0 fully saturated rings. The molecule has 0 bridgehead atoms. The molecule has 1 heteroatoms. The van der Waals surface area contributed by atoms with Gasteiger partial charge in [0.05, 0.1) is 6.61 Å². The Labute approximate surface area is 95.4 Å². The topological polar surface area (TPSA) is 20.2 Å². The van der Waals surface area contributed by atoms with Gasteiger partial charge < -0.3 is 5.11 Å². The first-order valence-electron chi connectivity index (χ1n) is 5.15. The van der Waals surface area contributed by atoms with Gasteiger partial charge >= 0.3 is 0 Å². The van der Waals surface area contributed by atoms with Crippen LogP contribution in [0.2, 0.25) is 0 Å². The average Bonchev–Trinajstić information content (AvgIpc) is 2.38. The molecule has 0 heterocycles. The van der Waals surface area contributed by atoms with Gasteiger partial charge in [-0.3, -0.25) is 0 Å². The van der Waals surface area contributed by atoms with Crippen molar-refractivity contribution in [2.45, 2.75) is 6.61 Å². The molecule has 0 saturated carbocycles. The molecule has 0 radical (unpaired) electrons. The van der Waals surface area contributed by atoms with Crippen molar-refractivity contribution in [3.63, 3.8) is 0 Å². The molecule has 0 aliphatic carbocycles. The van der Waals surface area contributed by atoms with Gasteiger partial charge in [0.1, 0.15) is 0 Å². The van der Waals surface area contributed by atoms with E-state index in [4.69, 9.17) is 5.11 Å². The first-order chi connectivity index (χ1) is 7.88. The standard InChI is InChI=1S/C15H12O/c16-12-15-10-8-14(9-11-15)7-6-13-4-2-1-3-5-13/h1-5,8-11,16H,12H2. The predicted molar refractivity (Wildman–Crippen MR) is 64.8 cm³/mol. The van der Waals surface area contributed by atoms with Crippen molar-refractivity contribution in [2.75, 3.05) is 0 Å². The van der Waals surface area contributed by atoms with Gasteiger partial charge in [-0.2, -0.15) is 0 Å². The minimum Gasteiger partial charge on any atom is -0.392 e. The molecule has 1 nitrogen and oxygen atoms in total. The average molecular weight is 208 g/mol. The number of aliphatic hydroxyl groups excluding tert-OH is 1. The molecular weight excluding hydrogens is 196 g/mol. The van der Waals surface area contributed by atoms with Gasteiger partial charge in [-0.1, -0.05) is 42.2 Å². The lowest BCUT2D eigenvalue weighted by Gasteiger charge is -1.94. The van der Waals surface area contributed by atoms with Gasteiger partial charge in [0.15, 0.2) is 0 Å². The summed E-state index contributed by atoms with van der Waals surface area (Å²) >= 11 is 0. The third-order valence-corrected chi connectivity index (χ3v) is 2.26. The molecule has 0 saturated heterocycles. The fraction of sp³-hybridized carbons (Fsp3) is 0.0667. The van der Waals surface area contributed by atoms with Crippen molar-refractivity contribution >= 4 is 0 Å². The maximum Gasteiger partial charge on any atom is 0.0681 e. The zero-order valence-corrected chi connectivity index (χ0v) is 8.85. The predicted octanol–water partition coefficient (Wildman–Crippen LogP) is 2.58. The second-order valence-electron chi connectivity index (χ2n) is 3.47. The summed E-state index contributed by atoms with van der Waals surface area (Å²) in [6.07, 6.45) is 0. The Bertz CT molecular complexity index is 501. The van der Waals surface area contributed by atoms with E-state index < -0.39 is 0 Å². The van der Waals surface area contributed by atoms with E-state index in [1.54, 1.807) is 0 Å². The molecule has 0 amide bonds. The van der Waals surface area contributed by atoms with Gasteiger partial charge in [-0.25, -0.2) is 0 Å². The van der Waals surface area contributed by atoms with Gasteiger partial charge in [-0.05, 0) is 29.8 Å². The summed E-state index contributed by atoms with van der Waals surface area (Å²) in [6.45, 7) is 0.0758. The Kier molecular flexibility index (Phi) is 3.38. The third kappa shape index (κ3) is 2.73. The number of aliphatic hydroxyl groups is 1. The first kappa shape index (κ1) is 10.5. The molecule has 2 aromatic carbocycles. The van der Waals surface area contributed by atoms with Gasteiger partial charge in [-0.15, -0.1) is 0 Å². The second kappa shape index (κ2) is 5.16. The molecule has 0 aliphatic rings. The third-order valence-electron chi connectivity index (χ3n) is 2.26. The Balaban J connectivity index is 2.18. The van der Waals surface area contributed by atoms with Crippen LogP contribution in [0.4, 0.5) is 0 Å². The van der Waals surface area contributed by atoms with Crippen LogP contribution in [0.5, 0.6) is 0 Å². The molecule has 0 spiro atoms. The highest BCUT2D eigenvalue weighted by molar-refractivity contribution is 5.43. The molecule has 0 aromatic heterocycles. The highest BCUT2D eigenvalue weighted by Gasteiger charge is 1.89. The maximum absolute atomic E-state index is 8.90. The number of rotatable bonds is 1. The van der Waals surface area contributed by atoms with E-state index in [0.29, 0.717) is 0 Å². The normalized spacial score (nSPS) is 9.31. The van der Waals surface area contributed by atoms with Crippen molar-refractivity contribution < 1.29 is 5.11 Å². The highest BCUT2D eigenvalue weighted by atomic mass is 16.3. The van der Waals surface area contributed by atoms with E-state index in [2.05, 4.69) is 11.8 Å². The summed E-state index contributed by atoms with van der Waals surface area (Å²) in [6, 6.07) is 17.5. The van der Waals surface area contributed by atoms with E-state index in [-0.39, 0.29) is 6.61 Å². The van der Waals surface area contributed by atoms with Crippen LogP contribution < -0.4 is 0 Å². The van der Waals surface area contributed by atoms with Crippen LogP contribution in [0, 0.1) is 11.8 Å². The minimum atomic E-state index is 0.0758. The van der Waals surface area contributed by atoms with Gasteiger partial charge in [0.25, 0.3) is 0 Å². The Morgan fingerprint density at radius 3 is 1.88 bits per heavy atom. The molecule has 1 N–H and O–H groups in total. The van der Waals surface area contributed by atoms with Crippen LogP contribution in [0.3, 0.4) is 0 Å². The SMILES string of the molecule is OCc1ccc(C#Cc2ccccc2)cc1. The summed E-state index contributed by atoms with van der Waals surface area (Å²) < 4.78 is 0. The molecule has 78 valence electrons. The monoisotopic (exact) mass is 208 g/mol. The molecule has 2 rings (SSSR count). The van der Waals surface area contributed by atoms with E-state index in [1.165, 1.54) is 0 Å². The summed E-state index contributed by atoms with van der Waals surface area (Å²) in [7, 11) is 0. The smallest absolute Gasteiger partial charge is 0.0681 e. The number of hydrogen-bond acceptors (Lipinski definition) is 1. The fourth-order valence-electron chi connectivity index (χ4n) is 1.36. The van der Waals surface area contributed by atoms with Crippen LogP contribution in [0.25, 0.3) is 0 Å². The van der Waals surface area contributed by atoms with Crippen molar-refractivity contribution in [1.29, 1.82) is 0 Å². The number of benzene rings is 2.